The van der Waals surface area contributed by atoms with Crippen molar-refractivity contribution in [1.29, 1.82) is 0 Å². The highest BCUT2D eigenvalue weighted by atomic mass is 16.5. The zero-order valence-corrected chi connectivity index (χ0v) is 15.4. The summed E-state index contributed by atoms with van der Waals surface area (Å²) in [5.74, 6) is 0.815. The summed E-state index contributed by atoms with van der Waals surface area (Å²) in [6, 6.07) is 8.58. The second kappa shape index (κ2) is 9.53. The fourth-order valence-electron chi connectivity index (χ4n) is 2.07. The lowest BCUT2D eigenvalue weighted by atomic mass is 10.1. The highest BCUT2D eigenvalue weighted by Gasteiger charge is 2.16. The zero-order valence-electron chi connectivity index (χ0n) is 15.4. The molecule has 1 aromatic carbocycles. The Bertz CT molecular complexity index is 498. The number of nitrogens with zero attached hydrogens (tertiary/aromatic N) is 2. The molecule has 1 rings (SSSR count). The van der Waals surface area contributed by atoms with Crippen molar-refractivity contribution in [3.63, 3.8) is 0 Å². The van der Waals surface area contributed by atoms with Crippen LogP contribution in [-0.4, -0.2) is 50.8 Å². The number of nitrogens with one attached hydrogen (secondary N) is 2. The molecule has 5 heteroatoms. The van der Waals surface area contributed by atoms with Crippen molar-refractivity contribution in [1.82, 2.24) is 15.5 Å². The summed E-state index contributed by atoms with van der Waals surface area (Å²) in [5.41, 5.74) is 2.30. The summed E-state index contributed by atoms with van der Waals surface area (Å²) in [4.78, 5) is 6.83. The second-order valence-electron chi connectivity index (χ2n) is 6.57. The zero-order chi connectivity index (χ0) is 17.3. The van der Waals surface area contributed by atoms with Gasteiger partial charge in [-0.2, -0.15) is 0 Å². The fraction of sp³-hybridized carbons (Fsp3) is 0.611. The molecule has 2 N–H and O–H groups in total. The van der Waals surface area contributed by atoms with Crippen LogP contribution >= 0.6 is 0 Å². The lowest BCUT2D eigenvalue weighted by Gasteiger charge is -2.24. The molecule has 130 valence electrons. The van der Waals surface area contributed by atoms with Crippen LogP contribution in [0.2, 0.25) is 0 Å². The van der Waals surface area contributed by atoms with E-state index in [9.17, 15) is 0 Å². The molecule has 0 amide bonds. The first-order valence-corrected chi connectivity index (χ1v) is 8.16. The molecular weight excluding hydrogens is 288 g/mol. The van der Waals surface area contributed by atoms with E-state index in [1.54, 1.807) is 7.11 Å². The molecule has 0 fully saturated rings. The molecule has 0 saturated carbocycles. The van der Waals surface area contributed by atoms with Crippen molar-refractivity contribution in [3.05, 3.63) is 35.4 Å². The van der Waals surface area contributed by atoms with Crippen LogP contribution in [0.4, 0.5) is 0 Å². The van der Waals surface area contributed by atoms with E-state index in [2.05, 4.69) is 65.8 Å². The van der Waals surface area contributed by atoms with Crippen LogP contribution in [0.3, 0.4) is 0 Å². The van der Waals surface area contributed by atoms with Crippen LogP contribution in [-0.2, 0) is 17.8 Å². The Labute approximate surface area is 141 Å². The topological polar surface area (TPSA) is 48.9 Å². The van der Waals surface area contributed by atoms with Gasteiger partial charge in [0.25, 0.3) is 0 Å². The van der Waals surface area contributed by atoms with Crippen molar-refractivity contribution >= 4 is 5.96 Å². The Kier molecular flexibility index (Phi) is 8.06. The Morgan fingerprint density at radius 3 is 2.52 bits per heavy atom. The van der Waals surface area contributed by atoms with Crippen molar-refractivity contribution < 1.29 is 4.74 Å². The Balaban J connectivity index is 2.69. The lowest BCUT2D eigenvalue weighted by molar-refractivity contribution is 0.0268. The predicted molar refractivity (Wildman–Crippen MR) is 97.7 cm³/mol. The molecule has 0 aliphatic heterocycles. The first-order chi connectivity index (χ1) is 10.9. The van der Waals surface area contributed by atoms with E-state index < -0.39 is 0 Å². The second-order valence-corrected chi connectivity index (χ2v) is 6.57. The number of benzene rings is 1. The Morgan fingerprint density at radius 1 is 1.22 bits per heavy atom. The third kappa shape index (κ3) is 8.00. The predicted octanol–water partition coefficient (Wildman–Crippen LogP) is 2.23. The number of methoxy groups -OCH3 is 1. The van der Waals surface area contributed by atoms with Crippen LogP contribution in [0.15, 0.2) is 29.3 Å². The largest absolute Gasteiger partial charge is 0.377 e. The summed E-state index contributed by atoms with van der Waals surface area (Å²) in [5, 5.41) is 6.61. The van der Waals surface area contributed by atoms with Gasteiger partial charge in [-0.15, -0.1) is 0 Å². The molecule has 0 aromatic heterocycles. The van der Waals surface area contributed by atoms with Crippen LogP contribution in [0.25, 0.3) is 0 Å². The van der Waals surface area contributed by atoms with Gasteiger partial charge in [-0.3, -0.25) is 0 Å². The minimum atomic E-state index is -0.220. The van der Waals surface area contributed by atoms with Gasteiger partial charge < -0.3 is 20.3 Å². The molecule has 0 unspecified atom stereocenters. The molecule has 0 heterocycles. The fourth-order valence-corrected chi connectivity index (χ4v) is 2.07. The van der Waals surface area contributed by atoms with Gasteiger partial charge in [0, 0.05) is 26.7 Å². The van der Waals surface area contributed by atoms with Crippen LogP contribution in [0, 0.1) is 0 Å². The average molecular weight is 320 g/mol. The summed E-state index contributed by atoms with van der Waals surface area (Å²) < 4.78 is 5.43. The van der Waals surface area contributed by atoms with E-state index in [1.165, 1.54) is 11.1 Å². The van der Waals surface area contributed by atoms with Crippen molar-refractivity contribution in [3.8, 4) is 0 Å². The highest BCUT2D eigenvalue weighted by Crippen LogP contribution is 2.08. The molecule has 0 spiro atoms. The number of hydrogen-bond donors (Lipinski definition) is 2. The number of hydrogen-bond acceptors (Lipinski definition) is 3. The van der Waals surface area contributed by atoms with Crippen LogP contribution in [0.1, 0.15) is 31.9 Å². The van der Waals surface area contributed by atoms with E-state index in [0.717, 1.165) is 19.0 Å². The van der Waals surface area contributed by atoms with Gasteiger partial charge in [-0.25, -0.2) is 4.99 Å². The monoisotopic (exact) mass is 320 g/mol. The van der Waals surface area contributed by atoms with Gasteiger partial charge in [0.15, 0.2) is 5.96 Å². The number of aliphatic imine (C=N–C) groups is 1. The summed E-state index contributed by atoms with van der Waals surface area (Å²) in [6.45, 7) is 9.30. The maximum absolute atomic E-state index is 5.43. The summed E-state index contributed by atoms with van der Waals surface area (Å²) >= 11 is 0. The van der Waals surface area contributed by atoms with E-state index in [4.69, 9.17) is 4.74 Å². The SMILES string of the molecule is CCNC(=NCc1cccc(CN(C)C)c1)NCC(C)(C)OC. The minimum Gasteiger partial charge on any atom is -0.377 e. The van der Waals surface area contributed by atoms with Gasteiger partial charge in [0.05, 0.1) is 12.1 Å². The van der Waals surface area contributed by atoms with Gasteiger partial charge in [-0.1, -0.05) is 24.3 Å². The molecule has 0 bridgehead atoms. The van der Waals surface area contributed by atoms with Gasteiger partial charge in [0.1, 0.15) is 0 Å². The Morgan fingerprint density at radius 2 is 1.91 bits per heavy atom. The molecular formula is C18H32N4O. The third-order valence-corrected chi connectivity index (χ3v) is 3.49. The normalized spacial score (nSPS) is 12.6. The van der Waals surface area contributed by atoms with E-state index in [0.29, 0.717) is 13.1 Å². The van der Waals surface area contributed by atoms with E-state index in [1.807, 2.05) is 13.8 Å². The molecule has 0 atom stereocenters. The van der Waals surface area contributed by atoms with Crippen molar-refractivity contribution in [2.45, 2.75) is 39.5 Å². The molecule has 1 aromatic rings. The lowest BCUT2D eigenvalue weighted by Crippen LogP contribution is -2.45. The van der Waals surface area contributed by atoms with Crippen molar-refractivity contribution in [2.75, 3.05) is 34.3 Å². The van der Waals surface area contributed by atoms with E-state index >= 15 is 0 Å². The smallest absolute Gasteiger partial charge is 0.191 e. The molecule has 5 nitrogen and oxygen atoms in total. The summed E-state index contributed by atoms with van der Waals surface area (Å²) in [7, 11) is 5.88. The highest BCUT2D eigenvalue weighted by molar-refractivity contribution is 5.79. The summed E-state index contributed by atoms with van der Waals surface area (Å²) in [6.07, 6.45) is 0. The molecule has 0 radical (unpaired) electrons. The molecule has 0 aliphatic carbocycles. The van der Waals surface area contributed by atoms with Crippen LogP contribution < -0.4 is 10.6 Å². The van der Waals surface area contributed by atoms with E-state index in [-0.39, 0.29) is 5.60 Å². The van der Waals surface area contributed by atoms with Crippen molar-refractivity contribution in [2.24, 2.45) is 4.99 Å². The maximum Gasteiger partial charge on any atom is 0.191 e. The Hall–Kier alpha value is -1.59. The van der Waals surface area contributed by atoms with Gasteiger partial charge >= 0.3 is 0 Å². The number of guanidine groups is 1. The molecule has 0 aliphatic rings. The number of ether oxygens (including phenoxy) is 1. The van der Waals surface area contributed by atoms with Crippen LogP contribution in [0.5, 0.6) is 0 Å². The maximum atomic E-state index is 5.43. The standard InChI is InChI=1S/C18H32N4O/c1-7-19-17(21-14-18(2,3)23-6)20-12-15-9-8-10-16(11-15)13-22(4)5/h8-11H,7,12-14H2,1-6H3,(H2,19,20,21). The first kappa shape index (κ1) is 19.5. The number of rotatable bonds is 8. The molecule has 23 heavy (non-hydrogen) atoms. The minimum absolute atomic E-state index is 0.220. The molecule has 0 saturated heterocycles. The first-order valence-electron chi connectivity index (χ1n) is 8.16. The van der Waals surface area contributed by atoms with Gasteiger partial charge in [0.2, 0.25) is 0 Å². The average Bonchev–Trinajstić information content (AvgIpc) is 2.50. The van der Waals surface area contributed by atoms with Gasteiger partial charge in [-0.05, 0) is 46.0 Å². The third-order valence-electron chi connectivity index (χ3n) is 3.49. The quantitative estimate of drug-likeness (QED) is 0.570.